The second-order valence-electron chi connectivity index (χ2n) is 5.04. The summed E-state index contributed by atoms with van der Waals surface area (Å²) in [6.07, 6.45) is 4.78. The molecule has 1 aliphatic carbocycles. The van der Waals surface area contributed by atoms with Crippen molar-refractivity contribution in [2.75, 3.05) is 0 Å². The Balaban J connectivity index is 2.07. The van der Waals surface area contributed by atoms with E-state index in [0.29, 0.717) is 11.1 Å². The van der Waals surface area contributed by atoms with Gasteiger partial charge in [0.2, 0.25) is 0 Å². The van der Waals surface area contributed by atoms with E-state index in [-0.39, 0.29) is 6.61 Å². The van der Waals surface area contributed by atoms with Crippen molar-refractivity contribution in [3.63, 3.8) is 0 Å². The predicted octanol–water partition coefficient (Wildman–Crippen LogP) is 3.68. The van der Waals surface area contributed by atoms with E-state index in [1.807, 2.05) is 30.3 Å². The molecule has 0 radical (unpaired) electrons. The van der Waals surface area contributed by atoms with Crippen molar-refractivity contribution in [3.05, 3.63) is 46.7 Å². The Morgan fingerprint density at radius 2 is 1.89 bits per heavy atom. The Morgan fingerprint density at radius 1 is 1.21 bits per heavy atom. The van der Waals surface area contributed by atoms with Crippen LogP contribution in [0.1, 0.15) is 42.9 Å². The van der Waals surface area contributed by atoms with Crippen molar-refractivity contribution in [2.45, 2.75) is 38.2 Å². The number of hydrogen-bond donors (Lipinski definition) is 1. The predicted molar refractivity (Wildman–Crippen MR) is 75.7 cm³/mol. The third-order valence-corrected chi connectivity index (χ3v) is 4.24. The molecule has 1 aliphatic rings. The molecule has 0 amide bonds. The van der Waals surface area contributed by atoms with Crippen LogP contribution in [0.3, 0.4) is 0 Å². The topological polar surface area (TPSA) is 38.1 Å². The molecule has 0 saturated heterocycles. The summed E-state index contributed by atoms with van der Waals surface area (Å²) in [7, 11) is 0. The minimum Gasteiger partial charge on any atom is -0.391 e. The molecule has 1 aromatic carbocycles. The SMILES string of the molecule is OCc1c(C2CCCC2)nn(-c2ccccc2)c1Cl. The van der Waals surface area contributed by atoms with Gasteiger partial charge in [0.05, 0.1) is 18.0 Å². The number of aromatic nitrogens is 2. The van der Waals surface area contributed by atoms with Crippen molar-refractivity contribution in [2.24, 2.45) is 0 Å². The van der Waals surface area contributed by atoms with Crippen LogP contribution in [-0.2, 0) is 6.61 Å². The van der Waals surface area contributed by atoms with E-state index in [0.717, 1.165) is 29.8 Å². The highest BCUT2D eigenvalue weighted by Gasteiger charge is 2.26. The Morgan fingerprint density at radius 3 is 2.53 bits per heavy atom. The van der Waals surface area contributed by atoms with Gasteiger partial charge < -0.3 is 5.11 Å². The maximum absolute atomic E-state index is 9.58. The van der Waals surface area contributed by atoms with Gasteiger partial charge in [-0.1, -0.05) is 42.6 Å². The van der Waals surface area contributed by atoms with E-state index >= 15 is 0 Å². The number of benzene rings is 1. The van der Waals surface area contributed by atoms with Crippen molar-refractivity contribution >= 4 is 11.6 Å². The number of nitrogens with zero attached hydrogens (tertiary/aromatic N) is 2. The smallest absolute Gasteiger partial charge is 0.138 e. The molecular formula is C15H17ClN2O. The van der Waals surface area contributed by atoms with Gasteiger partial charge in [0.1, 0.15) is 5.15 Å². The highest BCUT2D eigenvalue weighted by Crippen LogP contribution is 2.37. The van der Waals surface area contributed by atoms with E-state index in [4.69, 9.17) is 11.6 Å². The largest absolute Gasteiger partial charge is 0.391 e. The molecule has 1 saturated carbocycles. The van der Waals surface area contributed by atoms with E-state index < -0.39 is 0 Å². The first-order valence-corrected chi connectivity index (χ1v) is 7.12. The average Bonchev–Trinajstić information content (AvgIpc) is 3.07. The summed E-state index contributed by atoms with van der Waals surface area (Å²) in [4.78, 5) is 0. The molecule has 4 heteroatoms. The van der Waals surface area contributed by atoms with Crippen molar-refractivity contribution in [1.82, 2.24) is 9.78 Å². The lowest BCUT2D eigenvalue weighted by Crippen LogP contribution is -2.00. The van der Waals surface area contributed by atoms with Gasteiger partial charge in [-0.2, -0.15) is 5.10 Å². The van der Waals surface area contributed by atoms with Crippen molar-refractivity contribution in [1.29, 1.82) is 0 Å². The molecule has 100 valence electrons. The fraction of sp³-hybridized carbons (Fsp3) is 0.400. The molecule has 1 fully saturated rings. The monoisotopic (exact) mass is 276 g/mol. The molecule has 3 rings (SSSR count). The second kappa shape index (κ2) is 5.35. The summed E-state index contributed by atoms with van der Waals surface area (Å²) < 4.78 is 1.74. The van der Waals surface area contributed by atoms with Crippen LogP contribution in [0, 0.1) is 0 Å². The first kappa shape index (κ1) is 12.7. The molecule has 1 N–H and O–H groups in total. The summed E-state index contributed by atoms with van der Waals surface area (Å²) in [6.45, 7) is -0.0441. The van der Waals surface area contributed by atoms with Crippen LogP contribution in [-0.4, -0.2) is 14.9 Å². The molecule has 0 atom stereocenters. The molecule has 1 heterocycles. The highest BCUT2D eigenvalue weighted by molar-refractivity contribution is 6.30. The van der Waals surface area contributed by atoms with Gasteiger partial charge in [-0.05, 0) is 25.0 Å². The average molecular weight is 277 g/mol. The number of halogens is 1. The van der Waals surface area contributed by atoms with Gasteiger partial charge in [0.15, 0.2) is 0 Å². The van der Waals surface area contributed by atoms with Gasteiger partial charge in [0.25, 0.3) is 0 Å². The lowest BCUT2D eigenvalue weighted by Gasteiger charge is -2.06. The number of hydrogen-bond acceptors (Lipinski definition) is 2. The van der Waals surface area contributed by atoms with Crippen LogP contribution < -0.4 is 0 Å². The number of aliphatic hydroxyl groups excluding tert-OH is 1. The van der Waals surface area contributed by atoms with Crippen LogP contribution >= 0.6 is 11.6 Å². The molecule has 0 spiro atoms. The Hall–Kier alpha value is -1.32. The van der Waals surface area contributed by atoms with Crippen molar-refractivity contribution in [3.8, 4) is 5.69 Å². The van der Waals surface area contributed by atoms with E-state index in [1.165, 1.54) is 12.8 Å². The Kier molecular flexibility index (Phi) is 3.58. The zero-order valence-electron chi connectivity index (χ0n) is 10.7. The zero-order chi connectivity index (χ0) is 13.2. The summed E-state index contributed by atoms with van der Waals surface area (Å²) in [5.41, 5.74) is 2.71. The molecule has 0 bridgehead atoms. The fourth-order valence-corrected chi connectivity index (χ4v) is 3.15. The third kappa shape index (κ3) is 2.28. The Labute approximate surface area is 117 Å². The lowest BCUT2D eigenvalue weighted by atomic mass is 10.0. The molecule has 2 aromatic rings. The van der Waals surface area contributed by atoms with Crippen molar-refractivity contribution < 1.29 is 5.11 Å². The fourth-order valence-electron chi connectivity index (χ4n) is 2.86. The van der Waals surface area contributed by atoms with Crippen LogP contribution in [0.15, 0.2) is 30.3 Å². The standard InChI is InChI=1S/C15H17ClN2O/c16-15-13(10-19)14(11-6-4-5-7-11)17-18(15)12-8-2-1-3-9-12/h1-3,8-9,11,19H,4-7,10H2. The number of para-hydroxylation sites is 1. The van der Waals surface area contributed by atoms with Gasteiger partial charge in [0, 0.05) is 11.5 Å². The molecule has 3 nitrogen and oxygen atoms in total. The minimum absolute atomic E-state index is 0.0441. The van der Waals surface area contributed by atoms with Crippen LogP contribution in [0.4, 0.5) is 0 Å². The second-order valence-corrected chi connectivity index (χ2v) is 5.40. The molecule has 1 aromatic heterocycles. The summed E-state index contributed by atoms with van der Waals surface area (Å²) in [5.74, 6) is 0.449. The van der Waals surface area contributed by atoms with Gasteiger partial charge >= 0.3 is 0 Å². The number of aliphatic hydroxyl groups is 1. The quantitative estimate of drug-likeness (QED) is 0.929. The van der Waals surface area contributed by atoms with Gasteiger partial charge in [-0.25, -0.2) is 4.68 Å². The van der Waals surface area contributed by atoms with E-state index in [2.05, 4.69) is 5.10 Å². The Bertz CT molecular complexity index is 559. The molecule has 0 aliphatic heterocycles. The lowest BCUT2D eigenvalue weighted by molar-refractivity contribution is 0.280. The zero-order valence-corrected chi connectivity index (χ0v) is 11.5. The summed E-state index contributed by atoms with van der Waals surface area (Å²) >= 11 is 6.38. The third-order valence-electron chi connectivity index (χ3n) is 3.85. The maximum Gasteiger partial charge on any atom is 0.138 e. The van der Waals surface area contributed by atoms with Crippen LogP contribution in [0.5, 0.6) is 0 Å². The normalized spacial score (nSPS) is 16.1. The first-order chi connectivity index (χ1) is 9.31. The highest BCUT2D eigenvalue weighted by atomic mass is 35.5. The molecule has 0 unspecified atom stereocenters. The van der Waals surface area contributed by atoms with Crippen LogP contribution in [0.25, 0.3) is 5.69 Å². The maximum atomic E-state index is 9.58. The van der Waals surface area contributed by atoms with Gasteiger partial charge in [-0.3, -0.25) is 0 Å². The van der Waals surface area contributed by atoms with Crippen LogP contribution in [0.2, 0.25) is 5.15 Å². The van der Waals surface area contributed by atoms with Gasteiger partial charge in [-0.15, -0.1) is 0 Å². The van der Waals surface area contributed by atoms with E-state index in [1.54, 1.807) is 4.68 Å². The van der Waals surface area contributed by atoms with E-state index in [9.17, 15) is 5.11 Å². The minimum atomic E-state index is -0.0441. The summed E-state index contributed by atoms with van der Waals surface area (Å²) in [5, 5.41) is 14.8. The number of rotatable bonds is 3. The molecular weight excluding hydrogens is 260 g/mol. The summed E-state index contributed by atoms with van der Waals surface area (Å²) in [6, 6.07) is 9.82. The first-order valence-electron chi connectivity index (χ1n) is 6.75. The molecule has 19 heavy (non-hydrogen) atoms.